The molecule has 0 aliphatic heterocycles. The predicted octanol–water partition coefficient (Wildman–Crippen LogP) is 1.21. The Kier molecular flexibility index (Phi) is 3.20. The largest absolute Gasteiger partial charge is 0.399 e. The molecule has 0 bridgehead atoms. The highest BCUT2D eigenvalue weighted by Crippen LogP contribution is 2.17. The average molecular weight is 298 g/mol. The molecule has 0 aliphatic carbocycles. The van der Waals surface area contributed by atoms with E-state index in [1.807, 2.05) is 45.0 Å². The van der Waals surface area contributed by atoms with Crippen LogP contribution < -0.4 is 11.3 Å². The standard InChI is InChI=1S/C15H18N6O/c1-15(2,3)12-13(22)20(14-18-17-9-21(14)19-12)8-10-5-4-6-11(16)7-10/h4-7,9H,8,16H2,1-3H3. The molecule has 2 N–H and O–H groups in total. The van der Waals surface area contributed by atoms with Crippen molar-refractivity contribution in [2.24, 2.45) is 0 Å². The first-order valence-electron chi connectivity index (χ1n) is 7.02. The molecular formula is C15H18N6O. The number of hydrogen-bond donors (Lipinski definition) is 1. The molecule has 0 spiro atoms. The van der Waals surface area contributed by atoms with Crippen LogP contribution in [0.5, 0.6) is 0 Å². The SMILES string of the molecule is CC(C)(C)c1nn2cnnc2n(Cc2cccc(N)c2)c1=O. The third kappa shape index (κ3) is 2.45. The van der Waals surface area contributed by atoms with Crippen molar-refractivity contribution >= 4 is 11.5 Å². The van der Waals surface area contributed by atoms with Crippen LogP contribution in [0.1, 0.15) is 32.0 Å². The highest BCUT2D eigenvalue weighted by molar-refractivity contribution is 5.41. The molecule has 0 fully saturated rings. The fraction of sp³-hybridized carbons (Fsp3) is 0.333. The maximum Gasteiger partial charge on any atom is 0.277 e. The van der Waals surface area contributed by atoms with Crippen molar-refractivity contribution in [2.75, 3.05) is 5.73 Å². The Morgan fingerprint density at radius 1 is 1.27 bits per heavy atom. The molecule has 7 heteroatoms. The van der Waals surface area contributed by atoms with Gasteiger partial charge in [0.25, 0.3) is 11.3 Å². The Morgan fingerprint density at radius 3 is 2.73 bits per heavy atom. The molecule has 1 aromatic carbocycles. The fourth-order valence-corrected chi connectivity index (χ4v) is 2.33. The molecular weight excluding hydrogens is 280 g/mol. The van der Waals surface area contributed by atoms with E-state index in [0.717, 1.165) is 5.56 Å². The first-order chi connectivity index (χ1) is 10.4. The van der Waals surface area contributed by atoms with E-state index in [9.17, 15) is 4.79 Å². The van der Waals surface area contributed by atoms with Crippen molar-refractivity contribution < 1.29 is 0 Å². The molecule has 7 nitrogen and oxygen atoms in total. The lowest BCUT2D eigenvalue weighted by molar-refractivity contribution is 0.526. The highest BCUT2D eigenvalue weighted by Gasteiger charge is 2.23. The number of nitrogens with zero attached hydrogens (tertiary/aromatic N) is 5. The van der Waals surface area contributed by atoms with Crippen LogP contribution in [0.4, 0.5) is 5.69 Å². The minimum atomic E-state index is -0.368. The highest BCUT2D eigenvalue weighted by atomic mass is 16.1. The normalized spacial score (nSPS) is 12.0. The van der Waals surface area contributed by atoms with Crippen LogP contribution in [0.15, 0.2) is 35.4 Å². The molecule has 3 aromatic rings. The van der Waals surface area contributed by atoms with E-state index in [2.05, 4.69) is 15.3 Å². The fourth-order valence-electron chi connectivity index (χ4n) is 2.33. The lowest BCUT2D eigenvalue weighted by atomic mass is 9.92. The van der Waals surface area contributed by atoms with Gasteiger partial charge in [-0.2, -0.15) is 9.61 Å². The van der Waals surface area contributed by atoms with Crippen LogP contribution >= 0.6 is 0 Å². The van der Waals surface area contributed by atoms with Gasteiger partial charge in [-0.15, -0.1) is 10.2 Å². The number of nitrogen functional groups attached to an aromatic ring is 1. The van der Waals surface area contributed by atoms with Crippen LogP contribution in [0.2, 0.25) is 0 Å². The zero-order chi connectivity index (χ0) is 15.9. The number of rotatable bonds is 2. The van der Waals surface area contributed by atoms with E-state index in [1.165, 1.54) is 10.8 Å². The molecule has 0 amide bonds. The maximum absolute atomic E-state index is 12.8. The van der Waals surface area contributed by atoms with Crippen molar-refractivity contribution in [3.05, 3.63) is 52.2 Å². The molecule has 0 saturated heterocycles. The Hall–Kier alpha value is -2.70. The maximum atomic E-state index is 12.8. The molecule has 22 heavy (non-hydrogen) atoms. The van der Waals surface area contributed by atoms with Crippen LogP contribution in [0, 0.1) is 0 Å². The number of anilines is 1. The molecule has 3 rings (SSSR count). The summed E-state index contributed by atoms with van der Waals surface area (Å²) in [6.07, 6.45) is 1.50. The van der Waals surface area contributed by atoms with Gasteiger partial charge in [0.1, 0.15) is 12.0 Å². The minimum absolute atomic E-state index is 0.157. The van der Waals surface area contributed by atoms with Gasteiger partial charge in [-0.1, -0.05) is 32.9 Å². The summed E-state index contributed by atoms with van der Waals surface area (Å²) in [6.45, 7) is 6.24. The van der Waals surface area contributed by atoms with Gasteiger partial charge < -0.3 is 5.73 Å². The van der Waals surface area contributed by atoms with Gasteiger partial charge in [0.2, 0.25) is 0 Å². The summed E-state index contributed by atoms with van der Waals surface area (Å²) in [5, 5.41) is 12.2. The molecule has 0 radical (unpaired) electrons. The van der Waals surface area contributed by atoms with Crippen molar-refractivity contribution in [3.63, 3.8) is 0 Å². The van der Waals surface area contributed by atoms with Crippen LogP contribution in [0.25, 0.3) is 5.78 Å². The molecule has 2 heterocycles. The molecule has 114 valence electrons. The molecule has 2 aromatic heterocycles. The first-order valence-corrected chi connectivity index (χ1v) is 7.02. The smallest absolute Gasteiger partial charge is 0.277 e. The summed E-state index contributed by atoms with van der Waals surface area (Å²) in [6, 6.07) is 7.44. The number of benzene rings is 1. The van der Waals surface area contributed by atoms with Gasteiger partial charge in [-0.3, -0.25) is 9.36 Å². The third-order valence-electron chi connectivity index (χ3n) is 3.41. The van der Waals surface area contributed by atoms with E-state index in [0.29, 0.717) is 23.7 Å². The lowest BCUT2D eigenvalue weighted by Gasteiger charge is -2.18. The quantitative estimate of drug-likeness (QED) is 0.718. The summed E-state index contributed by atoms with van der Waals surface area (Å²) in [5.41, 5.74) is 7.35. The first kappa shape index (κ1) is 14.2. The van der Waals surface area contributed by atoms with E-state index in [1.54, 1.807) is 4.57 Å². The van der Waals surface area contributed by atoms with Crippen molar-refractivity contribution in [1.29, 1.82) is 0 Å². The van der Waals surface area contributed by atoms with E-state index < -0.39 is 0 Å². The van der Waals surface area contributed by atoms with Crippen molar-refractivity contribution in [3.8, 4) is 0 Å². The summed E-state index contributed by atoms with van der Waals surface area (Å²) < 4.78 is 3.11. The summed E-state index contributed by atoms with van der Waals surface area (Å²) in [7, 11) is 0. The van der Waals surface area contributed by atoms with Gasteiger partial charge in [0.15, 0.2) is 0 Å². The van der Waals surface area contributed by atoms with Crippen LogP contribution in [-0.2, 0) is 12.0 Å². The predicted molar refractivity (Wildman–Crippen MR) is 83.7 cm³/mol. The molecule has 0 aliphatic rings. The summed E-state index contributed by atoms with van der Waals surface area (Å²) in [4.78, 5) is 12.8. The topological polar surface area (TPSA) is 91.1 Å². The number of aromatic nitrogens is 5. The van der Waals surface area contributed by atoms with Gasteiger partial charge in [-0.25, -0.2) is 0 Å². The Balaban J connectivity index is 2.21. The Morgan fingerprint density at radius 2 is 2.05 bits per heavy atom. The van der Waals surface area contributed by atoms with E-state index in [4.69, 9.17) is 5.73 Å². The summed E-state index contributed by atoms with van der Waals surface area (Å²) in [5.74, 6) is 0.417. The molecule has 0 saturated carbocycles. The molecule has 0 atom stereocenters. The second-order valence-electron chi connectivity index (χ2n) is 6.31. The van der Waals surface area contributed by atoms with Crippen molar-refractivity contribution in [1.82, 2.24) is 24.4 Å². The number of hydrogen-bond acceptors (Lipinski definition) is 5. The number of fused-ring (bicyclic) bond motifs is 1. The summed E-state index contributed by atoms with van der Waals surface area (Å²) >= 11 is 0. The van der Waals surface area contributed by atoms with Gasteiger partial charge in [0.05, 0.1) is 6.54 Å². The number of nitrogens with two attached hydrogens (primary N) is 1. The lowest BCUT2D eigenvalue weighted by Crippen LogP contribution is -2.34. The van der Waals surface area contributed by atoms with E-state index in [-0.39, 0.29) is 11.0 Å². The zero-order valence-electron chi connectivity index (χ0n) is 12.8. The van der Waals surface area contributed by atoms with Crippen LogP contribution in [-0.4, -0.2) is 24.4 Å². The van der Waals surface area contributed by atoms with Gasteiger partial charge in [0, 0.05) is 11.1 Å². The molecule has 0 unspecified atom stereocenters. The second-order valence-corrected chi connectivity index (χ2v) is 6.31. The van der Waals surface area contributed by atoms with Crippen molar-refractivity contribution in [2.45, 2.75) is 32.7 Å². The van der Waals surface area contributed by atoms with E-state index >= 15 is 0 Å². The van der Waals surface area contributed by atoms with Gasteiger partial charge >= 0.3 is 0 Å². The minimum Gasteiger partial charge on any atom is -0.399 e. The van der Waals surface area contributed by atoms with Crippen LogP contribution in [0.3, 0.4) is 0 Å². The Bertz CT molecular complexity index is 887. The zero-order valence-corrected chi connectivity index (χ0v) is 12.8. The monoisotopic (exact) mass is 298 g/mol. The van der Waals surface area contributed by atoms with Gasteiger partial charge in [-0.05, 0) is 17.7 Å². The average Bonchev–Trinajstić information content (AvgIpc) is 2.88. The second kappa shape index (κ2) is 4.94. The Labute approximate surface area is 127 Å². The third-order valence-corrected chi connectivity index (χ3v) is 3.41.